The molecule has 8 nitrogen and oxygen atoms in total. The van der Waals surface area contributed by atoms with Gasteiger partial charge in [0, 0.05) is 0 Å². The Kier molecular flexibility index (Phi) is 25.6. The highest BCUT2D eigenvalue weighted by Gasteiger charge is 2.18. The summed E-state index contributed by atoms with van der Waals surface area (Å²) >= 11 is 6.83. The van der Waals surface area contributed by atoms with Gasteiger partial charge in [-0.05, 0) is 20.8 Å². The van der Waals surface area contributed by atoms with Crippen molar-refractivity contribution < 1.29 is 39.9 Å². The highest BCUT2D eigenvalue weighted by atomic mass is 32.1. The Morgan fingerprint density at radius 1 is 0.810 bits per heavy atom. The number of aliphatic hydroxyl groups is 2. The van der Waals surface area contributed by atoms with Crippen LogP contribution < -0.4 is 0 Å². The minimum Gasteiger partial charge on any atom is -0.481 e. The van der Waals surface area contributed by atoms with Crippen LogP contribution in [0.2, 0.25) is 0 Å². The first-order chi connectivity index (χ1) is 9.40. The van der Waals surface area contributed by atoms with Crippen LogP contribution in [0.5, 0.6) is 0 Å². The van der Waals surface area contributed by atoms with Crippen LogP contribution in [0.1, 0.15) is 20.8 Å². The third kappa shape index (κ3) is 54.9. The normalized spacial score (nSPS) is 8.71. The lowest BCUT2D eigenvalue weighted by molar-refractivity contribution is -0.146. The molecule has 0 saturated heterocycles. The maximum absolute atomic E-state index is 10.0. The van der Waals surface area contributed by atoms with Crippen molar-refractivity contribution in [2.24, 2.45) is 5.41 Å². The molecule has 0 amide bonds. The molecular formula is C11H24O8S2. The predicted octanol–water partition coefficient (Wildman–Crippen LogP) is 0.0897. The van der Waals surface area contributed by atoms with Gasteiger partial charge in [0.15, 0.2) is 0 Å². The average Bonchev–Trinajstić information content (AvgIpc) is 2.39. The second-order valence-electron chi connectivity index (χ2n) is 4.11. The number of aliphatic carboxylic acids is 3. The molecule has 0 saturated carbocycles. The topological polar surface area (TPSA) is 152 Å². The Bertz CT molecular complexity index is 260. The van der Waals surface area contributed by atoms with Gasteiger partial charge in [0.2, 0.25) is 0 Å². The van der Waals surface area contributed by atoms with E-state index < -0.39 is 23.3 Å². The van der Waals surface area contributed by atoms with Crippen molar-refractivity contribution in [1.82, 2.24) is 0 Å². The number of carbonyl (C=O) groups is 3. The standard InChI is InChI=1S/C5H10O2.2C2H4O2S.C2H6O2/c1-5(2,3)4(6)7;2*3-2(4)1-5;3-1-2-4/h1-3H3,(H,6,7);2*5H,1H2,(H,3,4);3-4H,1-2H2. The van der Waals surface area contributed by atoms with E-state index >= 15 is 0 Å². The lowest BCUT2D eigenvalue weighted by Gasteiger charge is -2.08. The van der Waals surface area contributed by atoms with E-state index in [0.29, 0.717) is 0 Å². The SMILES string of the molecule is CC(C)(C)C(=O)O.O=C(O)CS.O=C(O)CS.OCCO. The Morgan fingerprint density at radius 2 is 0.952 bits per heavy atom. The highest BCUT2D eigenvalue weighted by molar-refractivity contribution is 7.81. The zero-order chi connectivity index (χ0) is 18.1. The number of aliphatic hydroxyl groups excluding tert-OH is 2. The average molecular weight is 348 g/mol. The maximum Gasteiger partial charge on any atom is 0.313 e. The van der Waals surface area contributed by atoms with Crippen molar-refractivity contribution >= 4 is 43.2 Å². The molecule has 0 atom stereocenters. The summed E-state index contributed by atoms with van der Waals surface area (Å²) in [4.78, 5) is 28.6. The maximum atomic E-state index is 10.0. The van der Waals surface area contributed by atoms with Crippen molar-refractivity contribution in [3.05, 3.63) is 0 Å². The first-order valence-electron chi connectivity index (χ1n) is 5.51. The molecule has 0 aromatic carbocycles. The quantitative estimate of drug-likeness (QED) is 0.354. The van der Waals surface area contributed by atoms with E-state index in [0.717, 1.165) is 0 Å². The molecule has 0 unspecified atom stereocenters. The van der Waals surface area contributed by atoms with Crippen molar-refractivity contribution in [2.75, 3.05) is 24.7 Å². The summed E-state index contributed by atoms with van der Waals surface area (Å²) in [5.41, 5.74) is -0.583. The molecule has 0 fully saturated rings. The van der Waals surface area contributed by atoms with Crippen LogP contribution in [0.4, 0.5) is 0 Å². The van der Waals surface area contributed by atoms with Gasteiger partial charge in [0.05, 0.1) is 30.1 Å². The van der Waals surface area contributed by atoms with Crippen LogP contribution >= 0.6 is 25.3 Å². The molecule has 0 aliphatic carbocycles. The van der Waals surface area contributed by atoms with E-state index in [1.165, 1.54) is 0 Å². The first kappa shape index (κ1) is 28.2. The summed E-state index contributed by atoms with van der Waals surface area (Å²) in [6.07, 6.45) is 0. The van der Waals surface area contributed by atoms with Gasteiger partial charge < -0.3 is 25.5 Å². The molecule has 0 aromatic rings. The molecule has 0 radical (unpaired) electrons. The Morgan fingerprint density at radius 3 is 0.952 bits per heavy atom. The van der Waals surface area contributed by atoms with E-state index in [1.807, 2.05) is 0 Å². The van der Waals surface area contributed by atoms with Gasteiger partial charge in [-0.3, -0.25) is 14.4 Å². The summed E-state index contributed by atoms with van der Waals surface area (Å²) in [6, 6.07) is 0. The van der Waals surface area contributed by atoms with Crippen molar-refractivity contribution in [3.63, 3.8) is 0 Å². The molecule has 10 heteroatoms. The van der Waals surface area contributed by atoms with Crippen LogP contribution in [0.15, 0.2) is 0 Å². The number of hydrogen-bond acceptors (Lipinski definition) is 7. The van der Waals surface area contributed by atoms with Gasteiger partial charge in [0.1, 0.15) is 0 Å². The Balaban J connectivity index is -0.0000000939. The number of carboxylic acids is 3. The fourth-order valence-corrected chi connectivity index (χ4v) is 0. The van der Waals surface area contributed by atoms with Crippen LogP contribution in [-0.2, 0) is 14.4 Å². The summed E-state index contributed by atoms with van der Waals surface area (Å²) < 4.78 is 0. The fraction of sp³-hybridized carbons (Fsp3) is 0.727. The third-order valence-electron chi connectivity index (χ3n) is 1.01. The van der Waals surface area contributed by atoms with Gasteiger partial charge in [-0.25, -0.2) is 0 Å². The van der Waals surface area contributed by atoms with Crippen LogP contribution in [-0.4, -0.2) is 68.2 Å². The van der Waals surface area contributed by atoms with Gasteiger partial charge in [-0.15, -0.1) is 0 Å². The smallest absolute Gasteiger partial charge is 0.313 e. The summed E-state index contributed by atoms with van der Waals surface area (Å²) in [5.74, 6) is -2.69. The van der Waals surface area contributed by atoms with Gasteiger partial charge >= 0.3 is 17.9 Å². The van der Waals surface area contributed by atoms with E-state index in [1.54, 1.807) is 20.8 Å². The summed E-state index contributed by atoms with van der Waals surface area (Å²) in [6.45, 7) is 4.74. The van der Waals surface area contributed by atoms with E-state index in [2.05, 4.69) is 25.3 Å². The highest BCUT2D eigenvalue weighted by Crippen LogP contribution is 2.11. The largest absolute Gasteiger partial charge is 0.481 e. The number of rotatable bonds is 3. The van der Waals surface area contributed by atoms with Crippen LogP contribution in [0.25, 0.3) is 0 Å². The zero-order valence-electron chi connectivity index (χ0n) is 12.2. The fourth-order valence-electron chi connectivity index (χ4n) is 0. The minimum absolute atomic E-state index is 0.0833. The monoisotopic (exact) mass is 348 g/mol. The summed E-state index contributed by atoms with van der Waals surface area (Å²) in [7, 11) is 0. The molecule has 5 N–H and O–H groups in total. The number of hydrogen-bond donors (Lipinski definition) is 7. The molecule has 0 spiro atoms. The first-order valence-corrected chi connectivity index (χ1v) is 6.77. The molecule has 21 heavy (non-hydrogen) atoms. The lowest BCUT2D eigenvalue weighted by atomic mass is 9.98. The molecule has 0 aromatic heterocycles. The van der Waals surface area contributed by atoms with E-state index in [9.17, 15) is 14.4 Å². The molecule has 0 aliphatic heterocycles. The lowest BCUT2D eigenvalue weighted by Crippen LogP contribution is -2.18. The molecule has 0 rings (SSSR count). The van der Waals surface area contributed by atoms with Crippen molar-refractivity contribution in [1.29, 1.82) is 0 Å². The van der Waals surface area contributed by atoms with Crippen molar-refractivity contribution in [2.45, 2.75) is 20.8 Å². The second-order valence-corrected chi connectivity index (χ2v) is 4.74. The molecular weight excluding hydrogens is 324 g/mol. The van der Waals surface area contributed by atoms with E-state index in [4.69, 9.17) is 25.5 Å². The molecule has 0 bridgehead atoms. The van der Waals surface area contributed by atoms with Gasteiger partial charge in [0.25, 0.3) is 0 Å². The summed E-state index contributed by atoms with van der Waals surface area (Å²) in [5, 5.41) is 38.8. The number of carboxylic acid groups (broad SMARTS) is 3. The predicted molar refractivity (Wildman–Crippen MR) is 84.2 cm³/mol. The molecule has 0 aliphatic rings. The van der Waals surface area contributed by atoms with Gasteiger partial charge in [-0.2, -0.15) is 25.3 Å². The second kappa shape index (κ2) is 19.0. The van der Waals surface area contributed by atoms with Crippen LogP contribution in [0.3, 0.4) is 0 Å². The van der Waals surface area contributed by atoms with Crippen molar-refractivity contribution in [3.8, 4) is 0 Å². The minimum atomic E-state index is -0.881. The Hall–Kier alpha value is -0.970. The van der Waals surface area contributed by atoms with Crippen LogP contribution in [0, 0.1) is 5.41 Å². The molecule has 128 valence electrons. The third-order valence-corrected chi connectivity index (χ3v) is 1.55. The number of thiol groups is 2. The van der Waals surface area contributed by atoms with Gasteiger partial charge in [-0.1, -0.05) is 0 Å². The zero-order valence-corrected chi connectivity index (χ0v) is 14.0. The molecule has 0 heterocycles. The Labute approximate surface area is 134 Å². The van der Waals surface area contributed by atoms with E-state index in [-0.39, 0.29) is 24.7 Å².